The summed E-state index contributed by atoms with van der Waals surface area (Å²) >= 11 is 0. The van der Waals surface area contributed by atoms with Crippen molar-refractivity contribution >= 4 is 34.3 Å². The molecule has 30 heavy (non-hydrogen) atoms. The number of pyridine rings is 1. The molecule has 0 fully saturated rings. The molecule has 0 saturated carbocycles. The number of nitrogens with one attached hydrogen (secondary N) is 4. The minimum absolute atomic E-state index is 0.0166. The first kappa shape index (κ1) is 19.4. The van der Waals surface area contributed by atoms with Crippen LogP contribution < -0.4 is 16.0 Å². The number of rotatable bonds is 8. The van der Waals surface area contributed by atoms with Crippen LogP contribution in [-0.2, 0) is 11.2 Å². The number of hydrogen-bond donors (Lipinski definition) is 4. The Kier molecular flexibility index (Phi) is 5.84. The lowest BCUT2D eigenvalue weighted by Crippen LogP contribution is -2.30. The van der Waals surface area contributed by atoms with Gasteiger partial charge in [-0.05, 0) is 36.2 Å². The topological polar surface area (TPSA) is 108 Å². The summed E-state index contributed by atoms with van der Waals surface area (Å²) < 4.78 is 0. The minimum Gasteiger partial charge on any atom is -0.368 e. The molecule has 0 aliphatic rings. The van der Waals surface area contributed by atoms with Crippen molar-refractivity contribution in [3.63, 3.8) is 0 Å². The summed E-state index contributed by atoms with van der Waals surface area (Å²) in [5.41, 5.74) is 3.15. The Labute approximate surface area is 174 Å². The Morgan fingerprint density at radius 3 is 2.73 bits per heavy atom. The molecule has 0 spiro atoms. The Bertz CT molecular complexity index is 1150. The van der Waals surface area contributed by atoms with E-state index in [0.29, 0.717) is 31.1 Å². The van der Waals surface area contributed by atoms with Crippen LogP contribution in [-0.4, -0.2) is 38.9 Å². The van der Waals surface area contributed by atoms with Gasteiger partial charge in [-0.3, -0.25) is 4.79 Å². The van der Waals surface area contributed by atoms with Crippen LogP contribution >= 0.6 is 0 Å². The van der Waals surface area contributed by atoms with Crippen molar-refractivity contribution in [2.24, 2.45) is 0 Å². The number of aromatic amines is 1. The number of aryl methyl sites for hydroxylation is 1. The van der Waals surface area contributed by atoms with Crippen molar-refractivity contribution < 1.29 is 4.79 Å². The van der Waals surface area contributed by atoms with E-state index in [0.717, 1.165) is 27.8 Å². The highest BCUT2D eigenvalue weighted by Crippen LogP contribution is 2.18. The van der Waals surface area contributed by atoms with E-state index in [1.54, 1.807) is 12.3 Å². The lowest BCUT2D eigenvalue weighted by atomic mass is 10.1. The Balaban J connectivity index is 1.25. The normalized spacial score (nSPS) is 10.7. The number of carbonyl (C=O) groups excluding carboxylic acids is 1. The number of fused-ring (bicyclic) bond motifs is 1. The van der Waals surface area contributed by atoms with Gasteiger partial charge >= 0.3 is 0 Å². The molecule has 0 bridgehead atoms. The molecular weight excluding hydrogens is 378 g/mol. The van der Waals surface area contributed by atoms with E-state index in [1.165, 1.54) is 6.33 Å². The number of aromatic nitrogens is 4. The Morgan fingerprint density at radius 1 is 1.00 bits per heavy atom. The van der Waals surface area contributed by atoms with Crippen LogP contribution in [0.3, 0.4) is 0 Å². The Hall–Kier alpha value is -3.94. The number of carbonyl (C=O) groups is 1. The molecule has 8 heteroatoms. The van der Waals surface area contributed by atoms with Crippen LogP contribution in [0.15, 0.2) is 61.2 Å². The van der Waals surface area contributed by atoms with Crippen molar-refractivity contribution in [2.45, 2.75) is 13.3 Å². The highest BCUT2D eigenvalue weighted by molar-refractivity contribution is 5.88. The predicted molar refractivity (Wildman–Crippen MR) is 118 cm³/mol. The van der Waals surface area contributed by atoms with E-state index >= 15 is 0 Å². The van der Waals surface area contributed by atoms with Gasteiger partial charge in [-0.25, -0.2) is 15.0 Å². The number of hydrogen-bond acceptors (Lipinski definition) is 6. The van der Waals surface area contributed by atoms with Crippen molar-refractivity contribution in [2.75, 3.05) is 23.7 Å². The van der Waals surface area contributed by atoms with Crippen LogP contribution in [0.2, 0.25) is 0 Å². The maximum atomic E-state index is 12.3. The van der Waals surface area contributed by atoms with Gasteiger partial charge in [0.05, 0.1) is 6.42 Å². The number of amides is 1. The molecule has 3 aromatic heterocycles. The molecule has 4 aromatic rings. The number of H-pyrrole nitrogens is 1. The summed E-state index contributed by atoms with van der Waals surface area (Å²) in [6.07, 6.45) is 5.46. The van der Waals surface area contributed by atoms with Crippen molar-refractivity contribution in [3.8, 4) is 0 Å². The molecule has 8 nitrogen and oxygen atoms in total. The molecular formula is C22H23N7O. The van der Waals surface area contributed by atoms with Crippen LogP contribution in [0.25, 0.3) is 10.9 Å². The SMILES string of the molecule is Cc1ccnc(Nc2cc(NCCNC(=O)Cc3c[nH]c4ccccc34)ncn2)c1. The molecule has 4 N–H and O–H groups in total. The molecule has 1 amide bonds. The quantitative estimate of drug-likeness (QED) is 0.338. The first-order valence-electron chi connectivity index (χ1n) is 9.75. The van der Waals surface area contributed by atoms with E-state index in [9.17, 15) is 4.79 Å². The molecule has 0 radical (unpaired) electrons. The first-order chi connectivity index (χ1) is 14.7. The smallest absolute Gasteiger partial charge is 0.224 e. The molecule has 0 aliphatic heterocycles. The average molecular weight is 401 g/mol. The maximum absolute atomic E-state index is 12.3. The van der Waals surface area contributed by atoms with Crippen molar-refractivity contribution in [1.82, 2.24) is 25.3 Å². The number of anilines is 3. The molecule has 0 atom stereocenters. The summed E-state index contributed by atoms with van der Waals surface area (Å²) in [7, 11) is 0. The second-order valence-corrected chi connectivity index (χ2v) is 6.94. The van der Waals surface area contributed by atoms with E-state index in [2.05, 4.69) is 35.9 Å². The number of benzene rings is 1. The third-order valence-corrected chi connectivity index (χ3v) is 4.62. The first-order valence-corrected chi connectivity index (χ1v) is 9.75. The largest absolute Gasteiger partial charge is 0.368 e. The molecule has 4 rings (SSSR count). The summed E-state index contributed by atoms with van der Waals surface area (Å²) in [6.45, 7) is 3.05. The summed E-state index contributed by atoms with van der Waals surface area (Å²) in [5, 5.41) is 10.4. The highest BCUT2D eigenvalue weighted by atomic mass is 16.1. The fourth-order valence-electron chi connectivity index (χ4n) is 3.16. The lowest BCUT2D eigenvalue weighted by molar-refractivity contribution is -0.120. The third kappa shape index (κ3) is 4.91. The summed E-state index contributed by atoms with van der Waals surface area (Å²) in [6, 6.07) is 13.6. The third-order valence-electron chi connectivity index (χ3n) is 4.62. The van der Waals surface area contributed by atoms with Crippen molar-refractivity contribution in [3.05, 3.63) is 72.3 Å². The van der Waals surface area contributed by atoms with Gasteiger partial charge in [-0.15, -0.1) is 0 Å². The molecule has 0 aliphatic carbocycles. The fraction of sp³-hybridized carbons (Fsp3) is 0.182. The standard InChI is InChI=1S/C22H23N7O/c1-15-6-7-23-20(10-15)29-21-12-19(27-14-28-21)24-8-9-25-22(30)11-16-13-26-18-5-3-2-4-17(16)18/h2-7,10,12-14,26H,8-9,11H2,1H3,(H,25,30)(H2,23,24,27,28,29). The van der Waals surface area contributed by atoms with Crippen LogP contribution in [0, 0.1) is 6.92 Å². The Morgan fingerprint density at radius 2 is 1.83 bits per heavy atom. The van der Waals surface area contributed by atoms with Gasteiger partial charge in [0.15, 0.2) is 0 Å². The van der Waals surface area contributed by atoms with Gasteiger partial charge in [0.2, 0.25) is 5.91 Å². The van der Waals surface area contributed by atoms with Gasteiger partial charge in [-0.1, -0.05) is 18.2 Å². The summed E-state index contributed by atoms with van der Waals surface area (Å²) in [5.74, 6) is 2.03. The molecule has 1 aromatic carbocycles. The van der Waals surface area contributed by atoms with E-state index in [1.807, 2.05) is 49.5 Å². The molecule has 0 unspecified atom stereocenters. The zero-order chi connectivity index (χ0) is 20.8. The second-order valence-electron chi connectivity index (χ2n) is 6.94. The highest BCUT2D eigenvalue weighted by Gasteiger charge is 2.08. The van der Waals surface area contributed by atoms with Crippen LogP contribution in [0.5, 0.6) is 0 Å². The molecule has 152 valence electrons. The zero-order valence-electron chi connectivity index (χ0n) is 16.6. The average Bonchev–Trinajstić information content (AvgIpc) is 3.14. The van der Waals surface area contributed by atoms with Gasteiger partial charge in [0, 0.05) is 42.5 Å². The van der Waals surface area contributed by atoms with Gasteiger partial charge in [0.25, 0.3) is 0 Å². The van der Waals surface area contributed by atoms with Crippen LogP contribution in [0.4, 0.5) is 17.5 Å². The predicted octanol–water partition coefficient (Wildman–Crippen LogP) is 3.18. The van der Waals surface area contributed by atoms with Crippen molar-refractivity contribution in [1.29, 1.82) is 0 Å². The van der Waals surface area contributed by atoms with Gasteiger partial charge < -0.3 is 20.9 Å². The molecule has 3 heterocycles. The van der Waals surface area contributed by atoms with E-state index in [-0.39, 0.29) is 5.91 Å². The van der Waals surface area contributed by atoms with E-state index in [4.69, 9.17) is 0 Å². The monoisotopic (exact) mass is 401 g/mol. The second kappa shape index (κ2) is 9.04. The lowest BCUT2D eigenvalue weighted by Gasteiger charge is -2.09. The minimum atomic E-state index is -0.0166. The fourth-order valence-corrected chi connectivity index (χ4v) is 3.16. The zero-order valence-corrected chi connectivity index (χ0v) is 16.6. The number of nitrogens with zero attached hydrogens (tertiary/aromatic N) is 3. The number of para-hydroxylation sites is 1. The van der Waals surface area contributed by atoms with Gasteiger partial charge in [0.1, 0.15) is 23.8 Å². The van der Waals surface area contributed by atoms with E-state index < -0.39 is 0 Å². The van der Waals surface area contributed by atoms with Gasteiger partial charge in [-0.2, -0.15) is 0 Å². The molecule has 0 saturated heterocycles. The van der Waals surface area contributed by atoms with Crippen LogP contribution in [0.1, 0.15) is 11.1 Å². The maximum Gasteiger partial charge on any atom is 0.224 e. The summed E-state index contributed by atoms with van der Waals surface area (Å²) in [4.78, 5) is 28.1.